The standard InChI is InChI=1S/C4H8O7S2/c5-12(6)9-3-1-2-4-10-13(7,8)11-12/h1-4H2. The Morgan fingerprint density at radius 2 is 1.15 bits per heavy atom. The van der Waals surface area contributed by atoms with Crippen molar-refractivity contribution in [2.75, 3.05) is 13.2 Å². The van der Waals surface area contributed by atoms with Gasteiger partial charge < -0.3 is 0 Å². The summed E-state index contributed by atoms with van der Waals surface area (Å²) in [6.45, 7) is -0.220. The van der Waals surface area contributed by atoms with E-state index in [2.05, 4.69) is 12.0 Å². The highest BCUT2D eigenvalue weighted by molar-refractivity contribution is 7.95. The summed E-state index contributed by atoms with van der Waals surface area (Å²) in [5.41, 5.74) is 0. The lowest BCUT2D eigenvalue weighted by Crippen LogP contribution is -2.17. The van der Waals surface area contributed by atoms with Gasteiger partial charge in [-0.1, -0.05) is 0 Å². The quantitative estimate of drug-likeness (QED) is 0.545. The molecule has 0 amide bonds. The first-order valence-electron chi connectivity index (χ1n) is 3.41. The molecular formula is C4H8O7S2. The Hall–Kier alpha value is -0.220. The smallest absolute Gasteiger partial charge is 0.247 e. The lowest BCUT2D eigenvalue weighted by atomic mass is 10.3. The highest BCUT2D eigenvalue weighted by Gasteiger charge is 2.25. The number of rotatable bonds is 0. The Labute approximate surface area is 76.3 Å². The second-order valence-corrected chi connectivity index (χ2v) is 4.88. The van der Waals surface area contributed by atoms with Crippen molar-refractivity contribution in [2.24, 2.45) is 0 Å². The lowest BCUT2D eigenvalue weighted by molar-refractivity contribution is 0.265. The summed E-state index contributed by atoms with van der Waals surface area (Å²) in [6.07, 6.45) is 0.774. The molecule has 1 aliphatic heterocycles. The molecule has 0 saturated carbocycles. The van der Waals surface area contributed by atoms with Gasteiger partial charge in [-0.05, 0) is 12.8 Å². The van der Waals surface area contributed by atoms with Gasteiger partial charge in [-0.25, -0.2) is 8.37 Å². The largest absolute Gasteiger partial charge is 0.416 e. The maximum absolute atomic E-state index is 10.7. The normalized spacial score (nSPS) is 28.3. The third-order valence-corrected chi connectivity index (χ3v) is 3.40. The SMILES string of the molecule is O=S1(=O)OCCCCOS(=O)(=O)O1. The molecule has 1 heterocycles. The van der Waals surface area contributed by atoms with Gasteiger partial charge in [-0.3, -0.25) is 0 Å². The van der Waals surface area contributed by atoms with Crippen LogP contribution in [0.15, 0.2) is 0 Å². The molecular weight excluding hydrogens is 224 g/mol. The van der Waals surface area contributed by atoms with E-state index in [0.717, 1.165) is 0 Å². The van der Waals surface area contributed by atoms with Crippen molar-refractivity contribution in [1.29, 1.82) is 0 Å². The topological polar surface area (TPSA) is 96.0 Å². The van der Waals surface area contributed by atoms with Crippen LogP contribution in [-0.2, 0) is 32.8 Å². The zero-order valence-corrected chi connectivity index (χ0v) is 8.14. The molecule has 7 nitrogen and oxygen atoms in total. The summed E-state index contributed by atoms with van der Waals surface area (Å²) in [4.78, 5) is 0. The van der Waals surface area contributed by atoms with Gasteiger partial charge in [0.25, 0.3) is 0 Å². The first-order valence-corrected chi connectivity index (χ1v) is 6.08. The summed E-state index contributed by atoms with van der Waals surface area (Å²) in [6, 6.07) is 0. The van der Waals surface area contributed by atoms with Crippen LogP contribution in [0.1, 0.15) is 12.8 Å². The van der Waals surface area contributed by atoms with Crippen molar-refractivity contribution in [3.63, 3.8) is 0 Å². The van der Waals surface area contributed by atoms with Gasteiger partial charge in [0.15, 0.2) is 0 Å². The van der Waals surface area contributed by atoms with E-state index in [1.165, 1.54) is 0 Å². The molecule has 0 aromatic heterocycles. The van der Waals surface area contributed by atoms with Gasteiger partial charge in [0.05, 0.1) is 13.2 Å². The van der Waals surface area contributed by atoms with Crippen LogP contribution in [0.3, 0.4) is 0 Å². The highest BCUT2D eigenvalue weighted by Crippen LogP contribution is 2.09. The average Bonchev–Trinajstić information content (AvgIpc) is 1.97. The van der Waals surface area contributed by atoms with E-state index in [0.29, 0.717) is 12.8 Å². The maximum atomic E-state index is 10.7. The Balaban J connectivity index is 2.83. The molecule has 0 atom stereocenters. The number of hydrogen-bond donors (Lipinski definition) is 0. The van der Waals surface area contributed by atoms with Crippen LogP contribution in [0, 0.1) is 0 Å². The summed E-state index contributed by atoms with van der Waals surface area (Å²) in [5, 5.41) is 0. The Bertz CT molecular complexity index is 316. The van der Waals surface area contributed by atoms with E-state index in [1.807, 2.05) is 0 Å². The minimum Gasteiger partial charge on any atom is -0.247 e. The number of hydrogen-bond acceptors (Lipinski definition) is 7. The van der Waals surface area contributed by atoms with Gasteiger partial charge in [0.2, 0.25) is 0 Å². The van der Waals surface area contributed by atoms with Crippen molar-refractivity contribution in [1.82, 2.24) is 0 Å². The molecule has 0 spiro atoms. The molecule has 0 unspecified atom stereocenters. The molecule has 1 rings (SSSR count). The third kappa shape index (κ3) is 4.00. The van der Waals surface area contributed by atoms with Crippen LogP contribution in [0.5, 0.6) is 0 Å². The second-order valence-electron chi connectivity index (χ2n) is 2.24. The third-order valence-electron chi connectivity index (χ3n) is 1.16. The van der Waals surface area contributed by atoms with E-state index in [9.17, 15) is 16.8 Å². The van der Waals surface area contributed by atoms with Crippen LogP contribution in [0.4, 0.5) is 0 Å². The van der Waals surface area contributed by atoms with Gasteiger partial charge in [0, 0.05) is 0 Å². The van der Waals surface area contributed by atoms with E-state index in [1.54, 1.807) is 0 Å². The molecule has 0 aromatic rings. The first-order chi connectivity index (χ1) is 5.91. The predicted molar refractivity (Wildman–Crippen MR) is 40.1 cm³/mol. The highest BCUT2D eigenvalue weighted by atomic mass is 32.3. The average molecular weight is 232 g/mol. The van der Waals surface area contributed by atoms with Crippen molar-refractivity contribution in [3.8, 4) is 0 Å². The minimum atomic E-state index is -4.49. The van der Waals surface area contributed by atoms with Crippen molar-refractivity contribution in [3.05, 3.63) is 0 Å². The zero-order valence-electron chi connectivity index (χ0n) is 6.50. The summed E-state index contributed by atoms with van der Waals surface area (Å²) in [5.74, 6) is 0. The zero-order chi connectivity index (χ0) is 9.95. The van der Waals surface area contributed by atoms with Gasteiger partial charge in [-0.15, -0.1) is 3.63 Å². The minimum absolute atomic E-state index is 0.110. The fourth-order valence-corrected chi connectivity index (χ4v) is 2.44. The van der Waals surface area contributed by atoms with Gasteiger partial charge >= 0.3 is 20.8 Å². The molecule has 0 aliphatic carbocycles. The molecule has 0 bridgehead atoms. The van der Waals surface area contributed by atoms with Crippen LogP contribution in [0.2, 0.25) is 0 Å². The summed E-state index contributed by atoms with van der Waals surface area (Å²) < 4.78 is 54.8. The fourth-order valence-electron chi connectivity index (χ4n) is 0.667. The van der Waals surface area contributed by atoms with E-state index >= 15 is 0 Å². The van der Waals surface area contributed by atoms with Crippen LogP contribution in [0.25, 0.3) is 0 Å². The van der Waals surface area contributed by atoms with Crippen LogP contribution in [-0.4, -0.2) is 30.0 Å². The molecule has 0 N–H and O–H groups in total. The van der Waals surface area contributed by atoms with Crippen molar-refractivity contribution >= 4 is 20.8 Å². The second kappa shape index (κ2) is 3.88. The Kier molecular flexibility index (Phi) is 3.24. The lowest BCUT2D eigenvalue weighted by Gasteiger charge is -2.01. The van der Waals surface area contributed by atoms with Crippen molar-refractivity contribution in [2.45, 2.75) is 12.8 Å². The predicted octanol–water partition coefficient (Wildman–Crippen LogP) is -0.680. The molecule has 0 aromatic carbocycles. The van der Waals surface area contributed by atoms with Crippen LogP contribution < -0.4 is 0 Å². The van der Waals surface area contributed by atoms with Crippen molar-refractivity contribution < 1.29 is 28.8 Å². The summed E-state index contributed by atoms with van der Waals surface area (Å²) in [7, 11) is -8.97. The van der Waals surface area contributed by atoms with E-state index in [-0.39, 0.29) is 13.2 Å². The monoisotopic (exact) mass is 232 g/mol. The molecule has 1 aliphatic rings. The molecule has 1 saturated heterocycles. The van der Waals surface area contributed by atoms with Crippen LogP contribution >= 0.6 is 0 Å². The molecule has 13 heavy (non-hydrogen) atoms. The molecule has 9 heteroatoms. The first kappa shape index (κ1) is 10.9. The van der Waals surface area contributed by atoms with E-state index < -0.39 is 20.8 Å². The molecule has 0 radical (unpaired) electrons. The van der Waals surface area contributed by atoms with Gasteiger partial charge in [0.1, 0.15) is 0 Å². The molecule has 78 valence electrons. The van der Waals surface area contributed by atoms with E-state index in [4.69, 9.17) is 0 Å². The Morgan fingerprint density at radius 3 is 1.54 bits per heavy atom. The summed E-state index contributed by atoms with van der Waals surface area (Å²) >= 11 is 0. The Morgan fingerprint density at radius 1 is 0.769 bits per heavy atom. The maximum Gasteiger partial charge on any atom is 0.416 e. The fraction of sp³-hybridized carbons (Fsp3) is 1.00. The van der Waals surface area contributed by atoms with Gasteiger partial charge in [-0.2, -0.15) is 16.8 Å². The molecule has 1 fully saturated rings.